The summed E-state index contributed by atoms with van der Waals surface area (Å²) in [6, 6.07) is 8.64. The van der Waals surface area contributed by atoms with Gasteiger partial charge in [-0.05, 0) is 31.0 Å². The highest BCUT2D eigenvalue weighted by molar-refractivity contribution is 5.74. The van der Waals surface area contributed by atoms with E-state index in [1.807, 2.05) is 6.07 Å². The van der Waals surface area contributed by atoms with E-state index < -0.39 is 5.97 Å². The summed E-state index contributed by atoms with van der Waals surface area (Å²) in [5.74, 6) is -0.877. The quantitative estimate of drug-likeness (QED) is 0.837. The molecule has 1 unspecified atom stereocenters. The molecule has 0 bridgehead atoms. The van der Waals surface area contributed by atoms with Gasteiger partial charge in [0, 0.05) is 26.1 Å². The van der Waals surface area contributed by atoms with Crippen molar-refractivity contribution in [1.29, 1.82) is 5.26 Å². The number of nitriles is 1. The Balaban J connectivity index is 2.50. The van der Waals surface area contributed by atoms with Crippen molar-refractivity contribution in [2.24, 2.45) is 0 Å². The first-order valence-electron chi connectivity index (χ1n) is 6.65. The zero-order chi connectivity index (χ0) is 15.8. The summed E-state index contributed by atoms with van der Waals surface area (Å²) >= 11 is 0. The summed E-state index contributed by atoms with van der Waals surface area (Å²) < 4.78 is 0. The lowest BCUT2D eigenvalue weighted by atomic mass is 10.1. The molecule has 1 rings (SSSR count). The van der Waals surface area contributed by atoms with Crippen molar-refractivity contribution < 1.29 is 14.7 Å². The Morgan fingerprint density at radius 2 is 2.19 bits per heavy atom. The Morgan fingerprint density at radius 1 is 1.48 bits per heavy atom. The number of amides is 2. The second kappa shape index (κ2) is 7.90. The van der Waals surface area contributed by atoms with Crippen molar-refractivity contribution in [2.75, 3.05) is 7.05 Å². The lowest BCUT2D eigenvalue weighted by Crippen LogP contribution is -2.41. The molecule has 21 heavy (non-hydrogen) atoms. The van der Waals surface area contributed by atoms with Gasteiger partial charge in [0.25, 0.3) is 0 Å². The second-order valence-electron chi connectivity index (χ2n) is 4.95. The van der Waals surface area contributed by atoms with Gasteiger partial charge in [-0.25, -0.2) is 4.79 Å². The summed E-state index contributed by atoms with van der Waals surface area (Å²) in [6.07, 6.45) is 0.411. The van der Waals surface area contributed by atoms with Crippen LogP contribution in [0.2, 0.25) is 0 Å². The molecular weight excluding hydrogens is 270 g/mol. The molecule has 0 aliphatic heterocycles. The fourth-order valence-corrected chi connectivity index (χ4v) is 1.82. The molecule has 1 atom stereocenters. The van der Waals surface area contributed by atoms with Crippen molar-refractivity contribution in [1.82, 2.24) is 10.2 Å². The molecule has 0 radical (unpaired) electrons. The number of carbonyl (C=O) groups excluding carboxylic acids is 1. The van der Waals surface area contributed by atoms with E-state index in [4.69, 9.17) is 10.4 Å². The number of carboxylic acids is 1. The summed E-state index contributed by atoms with van der Waals surface area (Å²) in [4.78, 5) is 23.9. The van der Waals surface area contributed by atoms with E-state index in [2.05, 4.69) is 11.4 Å². The highest BCUT2D eigenvalue weighted by atomic mass is 16.4. The third-order valence-electron chi connectivity index (χ3n) is 2.98. The van der Waals surface area contributed by atoms with E-state index in [-0.39, 0.29) is 18.5 Å². The molecule has 112 valence electrons. The first kappa shape index (κ1) is 16.5. The lowest BCUT2D eigenvalue weighted by Gasteiger charge is -2.21. The van der Waals surface area contributed by atoms with Gasteiger partial charge < -0.3 is 15.3 Å². The smallest absolute Gasteiger partial charge is 0.317 e. The molecule has 6 nitrogen and oxygen atoms in total. The standard InChI is InChI=1S/C15H19N3O3/c1-11(6-7-14(19)20)17-15(21)18(2)10-13-5-3-4-12(8-13)9-16/h3-5,8,11H,6-7,10H2,1-2H3,(H,17,21)(H,19,20). The third kappa shape index (κ3) is 5.95. The molecule has 0 aromatic heterocycles. The number of hydrogen-bond donors (Lipinski definition) is 2. The topological polar surface area (TPSA) is 93.4 Å². The molecule has 0 fully saturated rings. The number of hydrogen-bond acceptors (Lipinski definition) is 3. The Kier molecular flexibility index (Phi) is 6.21. The van der Waals surface area contributed by atoms with Gasteiger partial charge >= 0.3 is 12.0 Å². The van der Waals surface area contributed by atoms with Crippen molar-refractivity contribution >= 4 is 12.0 Å². The van der Waals surface area contributed by atoms with E-state index in [1.165, 1.54) is 4.90 Å². The van der Waals surface area contributed by atoms with Gasteiger partial charge in [-0.2, -0.15) is 5.26 Å². The van der Waals surface area contributed by atoms with E-state index in [0.717, 1.165) is 5.56 Å². The predicted molar refractivity (Wildman–Crippen MR) is 77.5 cm³/mol. The minimum atomic E-state index is -0.877. The minimum Gasteiger partial charge on any atom is -0.481 e. The lowest BCUT2D eigenvalue weighted by molar-refractivity contribution is -0.137. The number of carboxylic acid groups (broad SMARTS) is 1. The molecular formula is C15H19N3O3. The van der Waals surface area contributed by atoms with Crippen LogP contribution in [0.1, 0.15) is 30.9 Å². The highest BCUT2D eigenvalue weighted by Gasteiger charge is 2.13. The maximum atomic E-state index is 12.0. The largest absolute Gasteiger partial charge is 0.481 e. The summed E-state index contributed by atoms with van der Waals surface area (Å²) in [7, 11) is 1.65. The van der Waals surface area contributed by atoms with Gasteiger partial charge in [0.15, 0.2) is 0 Å². The molecule has 6 heteroatoms. The predicted octanol–water partition coefficient (Wildman–Crippen LogP) is 1.95. The van der Waals surface area contributed by atoms with Crippen LogP contribution in [0, 0.1) is 11.3 Å². The van der Waals surface area contributed by atoms with Crippen LogP contribution in [-0.2, 0) is 11.3 Å². The summed E-state index contributed by atoms with van der Waals surface area (Å²) in [5, 5.41) is 20.2. The van der Waals surface area contributed by atoms with Crippen molar-refractivity contribution in [3.63, 3.8) is 0 Å². The average Bonchev–Trinajstić information content (AvgIpc) is 2.45. The van der Waals surface area contributed by atoms with Gasteiger partial charge in [-0.3, -0.25) is 4.79 Å². The monoisotopic (exact) mass is 289 g/mol. The number of carbonyl (C=O) groups is 2. The number of nitrogens with one attached hydrogen (secondary N) is 1. The third-order valence-corrected chi connectivity index (χ3v) is 2.98. The molecule has 0 aliphatic rings. The van der Waals surface area contributed by atoms with E-state index in [9.17, 15) is 9.59 Å². The fraction of sp³-hybridized carbons (Fsp3) is 0.400. The zero-order valence-corrected chi connectivity index (χ0v) is 12.2. The van der Waals surface area contributed by atoms with Crippen LogP contribution >= 0.6 is 0 Å². The zero-order valence-electron chi connectivity index (χ0n) is 12.2. The van der Waals surface area contributed by atoms with Gasteiger partial charge in [-0.15, -0.1) is 0 Å². The molecule has 2 N–H and O–H groups in total. The maximum absolute atomic E-state index is 12.0. The molecule has 0 spiro atoms. The van der Waals surface area contributed by atoms with Crippen LogP contribution in [0.5, 0.6) is 0 Å². The number of nitrogens with zero attached hydrogens (tertiary/aromatic N) is 2. The van der Waals surface area contributed by atoms with Gasteiger partial charge in [0.1, 0.15) is 0 Å². The van der Waals surface area contributed by atoms with Gasteiger partial charge in [0.2, 0.25) is 0 Å². The van der Waals surface area contributed by atoms with Gasteiger partial charge in [-0.1, -0.05) is 12.1 Å². The SMILES string of the molecule is CC(CCC(=O)O)NC(=O)N(C)Cc1cccc(C#N)c1. The molecule has 0 heterocycles. The Morgan fingerprint density at radius 3 is 2.81 bits per heavy atom. The molecule has 2 amide bonds. The van der Waals surface area contributed by atoms with Crippen molar-refractivity contribution in [3.8, 4) is 6.07 Å². The Hall–Kier alpha value is -2.55. The Labute approximate surface area is 124 Å². The first-order valence-corrected chi connectivity index (χ1v) is 6.65. The molecule has 0 saturated heterocycles. The molecule has 1 aromatic rings. The van der Waals surface area contributed by atoms with Crippen molar-refractivity contribution in [2.45, 2.75) is 32.4 Å². The average molecular weight is 289 g/mol. The van der Waals surface area contributed by atoms with Gasteiger partial charge in [0.05, 0.1) is 11.6 Å². The van der Waals surface area contributed by atoms with Crippen LogP contribution < -0.4 is 5.32 Å². The van der Waals surface area contributed by atoms with Crippen LogP contribution in [0.15, 0.2) is 24.3 Å². The van der Waals surface area contributed by atoms with Crippen LogP contribution in [0.4, 0.5) is 4.79 Å². The van der Waals surface area contributed by atoms with Crippen LogP contribution in [0.25, 0.3) is 0 Å². The van der Waals surface area contributed by atoms with E-state index in [1.54, 1.807) is 32.2 Å². The Bertz CT molecular complexity index is 551. The molecule has 0 saturated carbocycles. The number of benzene rings is 1. The van der Waals surface area contributed by atoms with Crippen molar-refractivity contribution in [3.05, 3.63) is 35.4 Å². The summed E-state index contributed by atoms with van der Waals surface area (Å²) in [6.45, 7) is 2.15. The number of rotatable bonds is 6. The summed E-state index contributed by atoms with van der Waals surface area (Å²) in [5.41, 5.74) is 1.42. The first-order chi connectivity index (χ1) is 9.92. The normalized spacial score (nSPS) is 11.3. The fourth-order valence-electron chi connectivity index (χ4n) is 1.82. The van der Waals surface area contributed by atoms with E-state index in [0.29, 0.717) is 18.5 Å². The highest BCUT2D eigenvalue weighted by Crippen LogP contribution is 2.07. The number of aliphatic carboxylic acids is 1. The number of urea groups is 1. The molecule has 1 aromatic carbocycles. The van der Waals surface area contributed by atoms with Crippen LogP contribution in [0.3, 0.4) is 0 Å². The maximum Gasteiger partial charge on any atom is 0.317 e. The second-order valence-corrected chi connectivity index (χ2v) is 4.95. The molecule has 0 aliphatic carbocycles. The minimum absolute atomic E-state index is 0.0232. The van der Waals surface area contributed by atoms with E-state index >= 15 is 0 Å². The van der Waals surface area contributed by atoms with Crippen LogP contribution in [-0.4, -0.2) is 35.1 Å².